The average molecular weight is 482 g/mol. The number of methoxy groups -OCH3 is 1. The zero-order valence-electron chi connectivity index (χ0n) is 20.0. The van der Waals surface area contributed by atoms with Crippen molar-refractivity contribution < 1.29 is 14.6 Å². The van der Waals surface area contributed by atoms with Crippen molar-refractivity contribution in [3.63, 3.8) is 0 Å². The van der Waals surface area contributed by atoms with Crippen molar-refractivity contribution in [3.05, 3.63) is 81.5 Å². The number of hydrogen-bond donors (Lipinski definition) is 1. The van der Waals surface area contributed by atoms with Crippen LogP contribution in [0.1, 0.15) is 59.9 Å². The van der Waals surface area contributed by atoms with Crippen molar-refractivity contribution in [2.24, 2.45) is 0 Å². The molecule has 1 saturated heterocycles. The Bertz CT molecular complexity index is 1690. The number of hydrogen-bond acceptors (Lipinski definition) is 6. The molecule has 5 heterocycles. The fourth-order valence-electron chi connectivity index (χ4n) is 5.35. The maximum absolute atomic E-state index is 12.7. The molecule has 9 nitrogen and oxygen atoms in total. The number of pyridine rings is 1. The number of carboxylic acids is 1. The van der Waals surface area contributed by atoms with Gasteiger partial charge in [-0.25, -0.2) is 14.3 Å². The molecular formula is C27H23N5O4. The summed E-state index contributed by atoms with van der Waals surface area (Å²) in [4.78, 5) is 28.7. The minimum absolute atomic E-state index is 0.00410. The van der Waals surface area contributed by atoms with E-state index < -0.39 is 11.4 Å². The van der Waals surface area contributed by atoms with Crippen molar-refractivity contribution in [2.75, 3.05) is 12.1 Å². The predicted octanol–water partition coefficient (Wildman–Crippen LogP) is 3.23. The van der Waals surface area contributed by atoms with Crippen molar-refractivity contribution >= 4 is 11.6 Å². The molecule has 2 aliphatic heterocycles. The monoisotopic (exact) mass is 481 g/mol. The molecule has 1 fully saturated rings. The maximum atomic E-state index is 12.7. The number of ether oxygens (including phenoxy) is 1. The van der Waals surface area contributed by atoms with E-state index in [2.05, 4.69) is 40.8 Å². The van der Waals surface area contributed by atoms with E-state index in [0.29, 0.717) is 28.3 Å². The first-order chi connectivity index (χ1) is 17.3. The van der Waals surface area contributed by atoms with Gasteiger partial charge in [-0.1, -0.05) is 5.92 Å². The average Bonchev–Trinajstić information content (AvgIpc) is 3.42. The van der Waals surface area contributed by atoms with Crippen LogP contribution in [0.15, 0.2) is 53.7 Å². The van der Waals surface area contributed by atoms with Gasteiger partial charge in [0.15, 0.2) is 11.1 Å². The summed E-state index contributed by atoms with van der Waals surface area (Å²) < 4.78 is 9.21. The molecule has 2 aliphatic rings. The van der Waals surface area contributed by atoms with Crippen LogP contribution < -0.4 is 15.2 Å². The SMILES string of the molecule is COc1cc2c(cc1C#Cc1cnc3cccnn13)[C@H]1CCC(C)(C)N1n1cc(C(=O)O)c(=O)cc1-2. The van der Waals surface area contributed by atoms with E-state index in [-0.39, 0.29) is 17.1 Å². The van der Waals surface area contributed by atoms with Crippen LogP contribution >= 0.6 is 0 Å². The van der Waals surface area contributed by atoms with E-state index in [9.17, 15) is 14.7 Å². The lowest BCUT2D eigenvalue weighted by molar-refractivity contribution is 0.0694. The van der Waals surface area contributed by atoms with E-state index >= 15 is 0 Å². The van der Waals surface area contributed by atoms with Gasteiger partial charge in [-0.15, -0.1) is 0 Å². The Labute approximate surface area is 206 Å². The smallest absolute Gasteiger partial charge is 0.341 e. The van der Waals surface area contributed by atoms with Crippen LogP contribution in [0.4, 0.5) is 0 Å². The second kappa shape index (κ2) is 7.71. The molecule has 0 spiro atoms. The molecule has 0 bridgehead atoms. The van der Waals surface area contributed by atoms with Gasteiger partial charge in [0.2, 0.25) is 0 Å². The first-order valence-electron chi connectivity index (χ1n) is 11.6. The molecule has 1 aromatic carbocycles. The highest BCUT2D eigenvalue weighted by Crippen LogP contribution is 2.49. The van der Waals surface area contributed by atoms with Gasteiger partial charge in [-0.2, -0.15) is 5.10 Å². The van der Waals surface area contributed by atoms with Crippen LogP contribution in [0.25, 0.3) is 16.9 Å². The number of carboxylic acid groups (broad SMARTS) is 1. The van der Waals surface area contributed by atoms with Crippen molar-refractivity contribution in [1.29, 1.82) is 0 Å². The number of rotatable bonds is 2. The summed E-state index contributed by atoms with van der Waals surface area (Å²) in [5, 5.41) is 16.1. The Morgan fingerprint density at radius 2 is 2.08 bits per heavy atom. The summed E-state index contributed by atoms with van der Waals surface area (Å²) >= 11 is 0. The van der Waals surface area contributed by atoms with Gasteiger partial charge in [0, 0.05) is 24.0 Å². The lowest BCUT2D eigenvalue weighted by atomic mass is 9.92. The highest BCUT2D eigenvalue weighted by molar-refractivity contribution is 5.88. The van der Waals surface area contributed by atoms with E-state index in [1.807, 2.05) is 28.9 Å². The Balaban J connectivity index is 1.56. The largest absolute Gasteiger partial charge is 0.495 e. The summed E-state index contributed by atoms with van der Waals surface area (Å²) in [6.45, 7) is 4.25. The van der Waals surface area contributed by atoms with Crippen LogP contribution in [-0.4, -0.2) is 43.0 Å². The molecule has 0 amide bonds. The first-order valence-corrected chi connectivity index (χ1v) is 11.6. The van der Waals surface area contributed by atoms with Gasteiger partial charge < -0.3 is 9.84 Å². The molecule has 0 radical (unpaired) electrons. The summed E-state index contributed by atoms with van der Waals surface area (Å²) in [5.41, 5.74) is 3.57. The minimum Gasteiger partial charge on any atom is -0.495 e. The minimum atomic E-state index is -1.24. The number of aromatic nitrogens is 4. The van der Waals surface area contributed by atoms with E-state index in [1.54, 1.807) is 24.0 Å². The van der Waals surface area contributed by atoms with Gasteiger partial charge in [0.25, 0.3) is 0 Å². The molecule has 6 rings (SSSR count). The summed E-state index contributed by atoms with van der Waals surface area (Å²) in [6, 6.07) is 9.00. The number of nitrogens with zero attached hydrogens (tertiary/aromatic N) is 5. The van der Waals surface area contributed by atoms with Crippen molar-refractivity contribution in [1.82, 2.24) is 19.3 Å². The zero-order chi connectivity index (χ0) is 25.2. The molecule has 9 heteroatoms. The van der Waals surface area contributed by atoms with Crippen LogP contribution in [-0.2, 0) is 0 Å². The van der Waals surface area contributed by atoms with Gasteiger partial charge in [-0.05, 0) is 62.4 Å². The predicted molar refractivity (Wildman–Crippen MR) is 133 cm³/mol. The lowest BCUT2D eigenvalue weighted by Crippen LogP contribution is -2.50. The Morgan fingerprint density at radius 3 is 2.86 bits per heavy atom. The second-order valence-electron chi connectivity index (χ2n) is 9.62. The Morgan fingerprint density at radius 1 is 1.25 bits per heavy atom. The molecule has 1 N–H and O–H groups in total. The molecule has 0 aliphatic carbocycles. The highest BCUT2D eigenvalue weighted by Gasteiger charge is 2.45. The third-order valence-electron chi connectivity index (χ3n) is 7.05. The van der Waals surface area contributed by atoms with Gasteiger partial charge in [0.1, 0.15) is 17.0 Å². The molecule has 0 saturated carbocycles. The van der Waals surface area contributed by atoms with Crippen molar-refractivity contribution in [2.45, 2.75) is 38.3 Å². The molecule has 36 heavy (non-hydrogen) atoms. The Kier molecular flexibility index (Phi) is 4.70. The quantitative estimate of drug-likeness (QED) is 0.439. The maximum Gasteiger partial charge on any atom is 0.341 e. The molecule has 4 aromatic rings. The number of fused-ring (bicyclic) bond motifs is 7. The molecule has 0 unspecified atom stereocenters. The normalized spacial score (nSPS) is 17.1. The fourth-order valence-corrected chi connectivity index (χ4v) is 5.35. The topological polar surface area (TPSA) is 102 Å². The van der Waals surface area contributed by atoms with Gasteiger partial charge in [-0.3, -0.25) is 14.5 Å². The van der Waals surface area contributed by atoms with Gasteiger partial charge in [0.05, 0.1) is 36.1 Å². The molecule has 180 valence electrons. The summed E-state index contributed by atoms with van der Waals surface area (Å²) in [5.74, 6) is 5.72. The highest BCUT2D eigenvalue weighted by atomic mass is 16.5. The number of carbonyl (C=O) groups is 1. The first kappa shape index (κ1) is 21.9. The molecule has 3 aromatic heterocycles. The number of benzene rings is 1. The third kappa shape index (κ3) is 3.18. The van der Waals surface area contributed by atoms with E-state index in [1.165, 1.54) is 12.3 Å². The van der Waals surface area contributed by atoms with Crippen LogP contribution in [0.5, 0.6) is 5.75 Å². The molecule has 1 atom stereocenters. The Hall–Kier alpha value is -4.58. The lowest BCUT2D eigenvalue weighted by Gasteiger charge is -2.44. The van der Waals surface area contributed by atoms with Gasteiger partial charge >= 0.3 is 5.97 Å². The van der Waals surface area contributed by atoms with Crippen molar-refractivity contribution in [3.8, 4) is 28.8 Å². The van der Waals surface area contributed by atoms with Crippen LogP contribution in [0, 0.1) is 11.8 Å². The summed E-state index contributed by atoms with van der Waals surface area (Å²) in [6.07, 6.45) is 6.60. The summed E-state index contributed by atoms with van der Waals surface area (Å²) in [7, 11) is 1.58. The number of imidazole rings is 1. The molecular weight excluding hydrogens is 458 g/mol. The zero-order valence-corrected chi connectivity index (χ0v) is 20.0. The third-order valence-corrected chi connectivity index (χ3v) is 7.05. The van der Waals surface area contributed by atoms with Crippen LogP contribution in [0.3, 0.4) is 0 Å². The second-order valence-corrected chi connectivity index (χ2v) is 9.62. The number of aromatic carboxylic acids is 1. The van der Waals surface area contributed by atoms with E-state index in [4.69, 9.17) is 4.74 Å². The van der Waals surface area contributed by atoms with E-state index in [0.717, 1.165) is 24.0 Å². The van der Waals surface area contributed by atoms with Crippen LogP contribution in [0.2, 0.25) is 0 Å². The standard InChI is InChI=1S/C27H23N5O4/c1-27(2)9-8-21-18-11-16(6-7-17-14-28-25-5-4-10-29-31(17)25)24(36-3)12-19(18)22-13-23(33)20(26(34)35)15-30(22)32(21)27/h4-5,10-15,21H,8-9H2,1-3H3,(H,34,35)/t21-/m1/s1. The fraction of sp³-hybridized carbons (Fsp3) is 0.259.